The van der Waals surface area contributed by atoms with Crippen molar-refractivity contribution in [3.63, 3.8) is 0 Å². The Bertz CT molecular complexity index is 339. The van der Waals surface area contributed by atoms with Gasteiger partial charge in [0.15, 0.2) is 0 Å². The average Bonchev–Trinajstić information content (AvgIpc) is 2.08. The Morgan fingerprint density at radius 2 is 2.21 bits per heavy atom. The molecule has 0 aromatic heterocycles. The van der Waals surface area contributed by atoms with Gasteiger partial charge in [0.05, 0.1) is 0 Å². The summed E-state index contributed by atoms with van der Waals surface area (Å²) in [5.74, 6) is -1.10. The number of hydrogen-bond donors (Lipinski definition) is 1. The summed E-state index contributed by atoms with van der Waals surface area (Å²) in [6, 6.07) is 4.92. The number of carboxylic acids is 1. The molecule has 1 unspecified atom stereocenters. The summed E-state index contributed by atoms with van der Waals surface area (Å²) >= 11 is 0. The van der Waals surface area contributed by atoms with E-state index in [9.17, 15) is 9.18 Å². The Morgan fingerprint density at radius 1 is 1.50 bits per heavy atom. The summed E-state index contributed by atoms with van der Waals surface area (Å²) in [6.07, 6.45) is 1.04. The highest BCUT2D eigenvalue weighted by molar-refractivity contribution is 7.27. The van der Waals surface area contributed by atoms with Gasteiger partial charge in [0.1, 0.15) is 5.82 Å². The zero-order valence-corrected chi connectivity index (χ0v) is 8.82. The Labute approximate surface area is 84.3 Å². The van der Waals surface area contributed by atoms with Gasteiger partial charge in [0.2, 0.25) is 0 Å². The van der Waals surface area contributed by atoms with Crippen LogP contribution >= 0.6 is 9.24 Å². The Hall–Kier alpha value is -0.950. The van der Waals surface area contributed by atoms with Crippen molar-refractivity contribution in [1.82, 2.24) is 0 Å². The van der Waals surface area contributed by atoms with Gasteiger partial charge in [-0.1, -0.05) is 12.1 Å². The summed E-state index contributed by atoms with van der Waals surface area (Å²) in [5, 5.41) is 9.20. The third kappa shape index (κ3) is 3.43. The average molecular weight is 214 g/mol. The van der Waals surface area contributed by atoms with Gasteiger partial charge in [-0.15, -0.1) is 9.24 Å². The Morgan fingerprint density at radius 3 is 2.79 bits per heavy atom. The largest absolute Gasteiger partial charge is 0.481 e. The van der Waals surface area contributed by atoms with Crippen molar-refractivity contribution in [1.29, 1.82) is 0 Å². The van der Waals surface area contributed by atoms with Crippen LogP contribution in [-0.2, 0) is 11.2 Å². The maximum absolute atomic E-state index is 13.2. The second kappa shape index (κ2) is 5.06. The van der Waals surface area contributed by atoms with E-state index in [0.717, 1.165) is 5.30 Å². The fourth-order valence-electron chi connectivity index (χ4n) is 1.20. The highest BCUT2D eigenvalue weighted by Gasteiger charge is 2.03. The molecule has 0 aliphatic carbocycles. The fraction of sp³-hybridized carbons (Fsp3) is 0.300. The first-order chi connectivity index (χ1) is 6.59. The monoisotopic (exact) mass is 214 g/mol. The zero-order chi connectivity index (χ0) is 10.6. The smallest absolute Gasteiger partial charge is 0.303 e. The van der Waals surface area contributed by atoms with E-state index in [0.29, 0.717) is 18.4 Å². The van der Waals surface area contributed by atoms with Gasteiger partial charge in [-0.3, -0.25) is 4.79 Å². The molecule has 4 heteroatoms. The molecule has 0 radical (unpaired) electrons. The van der Waals surface area contributed by atoms with Crippen LogP contribution in [0.1, 0.15) is 18.4 Å². The van der Waals surface area contributed by atoms with E-state index in [2.05, 4.69) is 9.24 Å². The van der Waals surface area contributed by atoms with Crippen molar-refractivity contribution < 1.29 is 14.3 Å². The minimum absolute atomic E-state index is 0.0854. The molecule has 2 nitrogen and oxygen atoms in total. The quantitative estimate of drug-likeness (QED) is 0.775. The van der Waals surface area contributed by atoms with Crippen molar-refractivity contribution in [3.05, 3.63) is 29.6 Å². The number of carboxylic acid groups (broad SMARTS) is 1. The second-order valence-corrected chi connectivity index (χ2v) is 3.76. The predicted molar refractivity (Wildman–Crippen MR) is 56.3 cm³/mol. The van der Waals surface area contributed by atoms with Crippen molar-refractivity contribution in [2.75, 3.05) is 0 Å². The molecule has 0 spiro atoms. The fourth-order valence-corrected chi connectivity index (χ4v) is 1.44. The van der Waals surface area contributed by atoms with Crippen molar-refractivity contribution >= 4 is 20.5 Å². The van der Waals surface area contributed by atoms with Crippen LogP contribution in [-0.4, -0.2) is 11.1 Å². The molecule has 76 valence electrons. The van der Waals surface area contributed by atoms with Crippen molar-refractivity contribution in [2.45, 2.75) is 19.3 Å². The topological polar surface area (TPSA) is 37.3 Å². The highest BCUT2D eigenvalue weighted by atomic mass is 31.0. The highest BCUT2D eigenvalue weighted by Crippen LogP contribution is 2.10. The molecule has 1 rings (SSSR count). The van der Waals surface area contributed by atoms with Crippen LogP contribution in [0.2, 0.25) is 0 Å². The minimum atomic E-state index is -0.840. The van der Waals surface area contributed by atoms with E-state index in [1.165, 1.54) is 6.07 Å². The summed E-state index contributed by atoms with van der Waals surface area (Å²) in [5.41, 5.74) is 0.581. The predicted octanol–water partition coefficient (Wildman–Crippen LogP) is 1.73. The van der Waals surface area contributed by atoms with E-state index in [1.54, 1.807) is 12.1 Å². The molecule has 0 fully saturated rings. The molecule has 0 saturated carbocycles. The van der Waals surface area contributed by atoms with Gasteiger partial charge in [0, 0.05) is 6.42 Å². The van der Waals surface area contributed by atoms with Crippen LogP contribution in [0.3, 0.4) is 0 Å². The maximum atomic E-state index is 13.2. The third-order valence-electron chi connectivity index (χ3n) is 1.91. The van der Waals surface area contributed by atoms with Crippen LogP contribution in [0.25, 0.3) is 0 Å². The number of benzene rings is 1. The van der Waals surface area contributed by atoms with Crippen LogP contribution in [0, 0.1) is 5.82 Å². The number of aliphatic carboxylic acids is 1. The van der Waals surface area contributed by atoms with E-state index in [1.807, 2.05) is 0 Å². The lowest BCUT2D eigenvalue weighted by atomic mass is 10.1. The lowest BCUT2D eigenvalue weighted by Gasteiger charge is -2.02. The molecule has 0 aliphatic heterocycles. The number of rotatable bonds is 4. The van der Waals surface area contributed by atoms with E-state index < -0.39 is 5.97 Å². The van der Waals surface area contributed by atoms with Gasteiger partial charge in [0.25, 0.3) is 0 Å². The molecule has 0 aliphatic rings. The van der Waals surface area contributed by atoms with Gasteiger partial charge < -0.3 is 5.11 Å². The SMILES string of the molecule is O=C(O)CCCc1ccc(P)cc1F. The summed E-state index contributed by atoms with van der Waals surface area (Å²) in [6.45, 7) is 0. The van der Waals surface area contributed by atoms with Gasteiger partial charge in [-0.25, -0.2) is 4.39 Å². The summed E-state index contributed by atoms with van der Waals surface area (Å²) in [7, 11) is 2.41. The number of carbonyl (C=O) groups is 1. The number of hydrogen-bond acceptors (Lipinski definition) is 1. The Balaban J connectivity index is 2.55. The molecule has 1 aromatic carbocycles. The molecular formula is C10H12FO2P. The second-order valence-electron chi connectivity index (χ2n) is 3.10. The van der Waals surface area contributed by atoms with Gasteiger partial charge in [-0.2, -0.15) is 0 Å². The molecule has 14 heavy (non-hydrogen) atoms. The van der Waals surface area contributed by atoms with Crippen molar-refractivity contribution in [2.24, 2.45) is 0 Å². The van der Waals surface area contributed by atoms with Crippen LogP contribution in [0.4, 0.5) is 4.39 Å². The zero-order valence-electron chi connectivity index (χ0n) is 7.66. The Kier molecular flexibility index (Phi) is 4.02. The standard InChI is InChI=1S/C10H12FO2P/c11-9-6-8(14)5-4-7(9)2-1-3-10(12)13/h4-6H,1-3,14H2,(H,12,13). The molecule has 1 N–H and O–H groups in total. The first-order valence-corrected chi connectivity index (χ1v) is 4.93. The van der Waals surface area contributed by atoms with Gasteiger partial charge in [-0.05, 0) is 29.8 Å². The van der Waals surface area contributed by atoms with Crippen LogP contribution < -0.4 is 5.30 Å². The van der Waals surface area contributed by atoms with Gasteiger partial charge >= 0.3 is 5.97 Å². The summed E-state index contributed by atoms with van der Waals surface area (Å²) < 4.78 is 13.2. The minimum Gasteiger partial charge on any atom is -0.481 e. The molecular weight excluding hydrogens is 202 g/mol. The lowest BCUT2D eigenvalue weighted by molar-refractivity contribution is -0.137. The van der Waals surface area contributed by atoms with Crippen LogP contribution in [0.15, 0.2) is 18.2 Å². The molecule has 0 bridgehead atoms. The van der Waals surface area contributed by atoms with E-state index in [-0.39, 0.29) is 12.2 Å². The molecule has 1 aromatic rings. The van der Waals surface area contributed by atoms with Crippen LogP contribution in [0.5, 0.6) is 0 Å². The first-order valence-electron chi connectivity index (χ1n) is 4.35. The number of aryl methyl sites for hydroxylation is 1. The maximum Gasteiger partial charge on any atom is 0.303 e. The molecule has 0 amide bonds. The first kappa shape index (κ1) is 11.1. The third-order valence-corrected chi connectivity index (χ3v) is 2.27. The lowest BCUT2D eigenvalue weighted by Crippen LogP contribution is -2.00. The van der Waals surface area contributed by atoms with E-state index in [4.69, 9.17) is 5.11 Å². The number of halogens is 1. The summed E-state index contributed by atoms with van der Waals surface area (Å²) in [4.78, 5) is 10.2. The normalized spacial score (nSPS) is 10.1. The molecule has 0 heterocycles. The molecule has 1 atom stereocenters. The van der Waals surface area contributed by atoms with E-state index >= 15 is 0 Å². The molecule has 0 saturated heterocycles. The van der Waals surface area contributed by atoms with Crippen molar-refractivity contribution in [3.8, 4) is 0 Å².